The van der Waals surface area contributed by atoms with Crippen molar-refractivity contribution in [2.75, 3.05) is 6.54 Å². The van der Waals surface area contributed by atoms with Crippen molar-refractivity contribution in [3.05, 3.63) is 35.4 Å². The van der Waals surface area contributed by atoms with Crippen LogP contribution < -0.4 is 11.1 Å². The molecule has 0 spiro atoms. The number of hydrogen-bond acceptors (Lipinski definition) is 2. The van der Waals surface area contributed by atoms with Gasteiger partial charge >= 0.3 is 0 Å². The van der Waals surface area contributed by atoms with Crippen molar-refractivity contribution in [3.8, 4) is 0 Å². The molecule has 3 heteroatoms. The fourth-order valence-corrected chi connectivity index (χ4v) is 2.67. The summed E-state index contributed by atoms with van der Waals surface area (Å²) in [6, 6.07) is 7.53. The van der Waals surface area contributed by atoms with Crippen LogP contribution in [0.3, 0.4) is 0 Å². The Morgan fingerprint density at radius 1 is 1.33 bits per heavy atom. The van der Waals surface area contributed by atoms with E-state index in [-0.39, 0.29) is 5.91 Å². The van der Waals surface area contributed by atoms with Crippen LogP contribution in [0.4, 0.5) is 0 Å². The van der Waals surface area contributed by atoms with Gasteiger partial charge < -0.3 is 11.1 Å². The maximum absolute atomic E-state index is 11.1. The average Bonchev–Trinajstić information content (AvgIpc) is 2.88. The third-order valence-corrected chi connectivity index (χ3v) is 3.74. The number of nitrogens with one attached hydrogen (secondary N) is 1. The van der Waals surface area contributed by atoms with Crippen molar-refractivity contribution < 1.29 is 4.79 Å². The van der Waals surface area contributed by atoms with E-state index < -0.39 is 0 Å². The van der Waals surface area contributed by atoms with Crippen LogP contribution in [0.1, 0.15) is 48.0 Å². The summed E-state index contributed by atoms with van der Waals surface area (Å²) in [5, 5.41) is 3.44. The number of benzene rings is 1. The van der Waals surface area contributed by atoms with Crippen LogP contribution in [0.5, 0.6) is 0 Å². The lowest BCUT2D eigenvalue weighted by Gasteiger charge is -2.10. The molecule has 98 valence electrons. The first-order valence-corrected chi connectivity index (χ1v) is 6.85. The van der Waals surface area contributed by atoms with Gasteiger partial charge in [0, 0.05) is 12.1 Å². The Kier molecular flexibility index (Phi) is 4.76. The van der Waals surface area contributed by atoms with Crippen molar-refractivity contribution in [2.24, 2.45) is 11.7 Å². The van der Waals surface area contributed by atoms with Gasteiger partial charge in [-0.1, -0.05) is 37.8 Å². The molecule has 0 aliphatic heterocycles. The monoisotopic (exact) mass is 246 g/mol. The first kappa shape index (κ1) is 13.1. The maximum Gasteiger partial charge on any atom is 0.248 e. The van der Waals surface area contributed by atoms with Gasteiger partial charge in [0.25, 0.3) is 0 Å². The molecule has 3 nitrogen and oxygen atoms in total. The van der Waals surface area contributed by atoms with Crippen LogP contribution >= 0.6 is 0 Å². The molecular weight excluding hydrogens is 224 g/mol. The Labute approximate surface area is 109 Å². The highest BCUT2D eigenvalue weighted by Crippen LogP contribution is 2.26. The van der Waals surface area contributed by atoms with E-state index in [1.165, 1.54) is 32.1 Å². The number of amides is 1. The molecule has 1 aliphatic carbocycles. The highest BCUT2D eigenvalue weighted by Gasteiger charge is 2.13. The maximum atomic E-state index is 11.1. The zero-order valence-corrected chi connectivity index (χ0v) is 10.8. The molecule has 3 N–H and O–H groups in total. The minimum Gasteiger partial charge on any atom is -0.366 e. The fraction of sp³-hybridized carbons (Fsp3) is 0.533. The third-order valence-electron chi connectivity index (χ3n) is 3.74. The van der Waals surface area contributed by atoms with E-state index in [0.717, 1.165) is 24.6 Å². The van der Waals surface area contributed by atoms with Crippen molar-refractivity contribution in [1.29, 1.82) is 0 Å². The molecule has 0 bridgehead atoms. The largest absolute Gasteiger partial charge is 0.366 e. The number of nitrogens with two attached hydrogens (primary N) is 1. The van der Waals surface area contributed by atoms with Crippen LogP contribution in [-0.2, 0) is 6.54 Å². The zero-order chi connectivity index (χ0) is 12.8. The molecule has 0 atom stereocenters. The van der Waals surface area contributed by atoms with E-state index in [9.17, 15) is 4.79 Å². The summed E-state index contributed by atoms with van der Waals surface area (Å²) in [6.07, 6.45) is 6.89. The minimum absolute atomic E-state index is 0.359. The van der Waals surface area contributed by atoms with Crippen LogP contribution in [0.15, 0.2) is 24.3 Å². The second-order valence-electron chi connectivity index (χ2n) is 5.18. The van der Waals surface area contributed by atoms with E-state index in [2.05, 4.69) is 5.32 Å². The number of carbonyl (C=O) groups excluding carboxylic acids is 1. The quantitative estimate of drug-likeness (QED) is 0.758. The van der Waals surface area contributed by atoms with Gasteiger partial charge in [0.15, 0.2) is 0 Å². The molecule has 1 amide bonds. The Morgan fingerprint density at radius 3 is 2.83 bits per heavy atom. The number of hydrogen-bond donors (Lipinski definition) is 2. The third kappa shape index (κ3) is 3.84. The number of primary amides is 1. The standard InChI is InChI=1S/C15H22N2O/c16-15(18)14-7-3-6-13(10-14)11-17-9-8-12-4-1-2-5-12/h3,6-7,10,12,17H,1-2,4-5,8-9,11H2,(H2,16,18). The lowest BCUT2D eigenvalue weighted by atomic mass is 10.0. The van der Waals surface area contributed by atoms with Gasteiger partial charge in [-0.15, -0.1) is 0 Å². The zero-order valence-electron chi connectivity index (χ0n) is 10.8. The van der Waals surface area contributed by atoms with E-state index in [1.54, 1.807) is 6.07 Å². The molecule has 2 rings (SSSR count). The molecule has 1 aromatic carbocycles. The summed E-state index contributed by atoms with van der Waals surface area (Å²) in [5.41, 5.74) is 6.97. The predicted octanol–water partition coefficient (Wildman–Crippen LogP) is 2.46. The molecule has 0 radical (unpaired) electrons. The molecule has 1 fully saturated rings. The van der Waals surface area contributed by atoms with Crippen molar-refractivity contribution in [3.63, 3.8) is 0 Å². The summed E-state index contributed by atoms with van der Waals surface area (Å²) in [4.78, 5) is 11.1. The van der Waals surface area contributed by atoms with Gasteiger partial charge in [-0.25, -0.2) is 0 Å². The summed E-state index contributed by atoms with van der Waals surface area (Å²) in [7, 11) is 0. The average molecular weight is 246 g/mol. The lowest BCUT2D eigenvalue weighted by molar-refractivity contribution is 0.1000. The molecule has 1 aliphatic rings. The van der Waals surface area contributed by atoms with Crippen molar-refractivity contribution in [2.45, 2.75) is 38.6 Å². The summed E-state index contributed by atoms with van der Waals surface area (Å²) in [6.45, 7) is 1.87. The highest BCUT2D eigenvalue weighted by molar-refractivity contribution is 5.92. The van der Waals surface area contributed by atoms with Crippen molar-refractivity contribution >= 4 is 5.91 Å². The SMILES string of the molecule is NC(=O)c1cccc(CNCCC2CCCC2)c1. The molecule has 18 heavy (non-hydrogen) atoms. The molecule has 0 unspecified atom stereocenters. The molecule has 1 aromatic rings. The first-order valence-electron chi connectivity index (χ1n) is 6.85. The second-order valence-corrected chi connectivity index (χ2v) is 5.18. The van der Waals surface area contributed by atoms with E-state index in [4.69, 9.17) is 5.73 Å². The summed E-state index contributed by atoms with van der Waals surface area (Å²) in [5.74, 6) is 0.567. The Balaban J connectivity index is 1.72. The lowest BCUT2D eigenvalue weighted by Crippen LogP contribution is -2.18. The smallest absolute Gasteiger partial charge is 0.248 e. The van der Waals surface area contributed by atoms with E-state index in [1.807, 2.05) is 18.2 Å². The molecule has 0 heterocycles. The molecule has 1 saturated carbocycles. The summed E-state index contributed by atoms with van der Waals surface area (Å²) < 4.78 is 0. The van der Waals surface area contributed by atoms with Gasteiger partial charge in [0.05, 0.1) is 0 Å². The van der Waals surface area contributed by atoms with Crippen LogP contribution in [0.2, 0.25) is 0 Å². The van der Waals surface area contributed by atoms with E-state index >= 15 is 0 Å². The Morgan fingerprint density at radius 2 is 2.11 bits per heavy atom. The van der Waals surface area contributed by atoms with E-state index in [0.29, 0.717) is 5.56 Å². The number of rotatable bonds is 6. The normalized spacial score (nSPS) is 16.0. The van der Waals surface area contributed by atoms with Crippen LogP contribution in [-0.4, -0.2) is 12.5 Å². The van der Waals surface area contributed by atoms with Gasteiger partial charge in [0.2, 0.25) is 5.91 Å². The highest BCUT2D eigenvalue weighted by atomic mass is 16.1. The summed E-state index contributed by atoms with van der Waals surface area (Å²) >= 11 is 0. The Bertz CT molecular complexity index is 397. The predicted molar refractivity (Wildman–Crippen MR) is 73.2 cm³/mol. The Hall–Kier alpha value is -1.35. The van der Waals surface area contributed by atoms with Crippen LogP contribution in [0.25, 0.3) is 0 Å². The molecule has 0 saturated heterocycles. The molecular formula is C15H22N2O. The minimum atomic E-state index is -0.359. The van der Waals surface area contributed by atoms with Gasteiger partial charge in [-0.2, -0.15) is 0 Å². The number of carbonyl (C=O) groups is 1. The second kappa shape index (κ2) is 6.55. The molecule has 0 aromatic heterocycles. The fourth-order valence-electron chi connectivity index (χ4n) is 2.67. The first-order chi connectivity index (χ1) is 8.75. The van der Waals surface area contributed by atoms with Gasteiger partial charge in [0.1, 0.15) is 0 Å². The van der Waals surface area contributed by atoms with Gasteiger partial charge in [-0.3, -0.25) is 4.79 Å². The van der Waals surface area contributed by atoms with Gasteiger partial charge in [-0.05, 0) is 36.6 Å². The van der Waals surface area contributed by atoms with Crippen molar-refractivity contribution in [1.82, 2.24) is 5.32 Å². The topological polar surface area (TPSA) is 55.1 Å². The van der Waals surface area contributed by atoms with Crippen LogP contribution in [0, 0.1) is 5.92 Å².